The Morgan fingerprint density at radius 2 is 1.86 bits per heavy atom. The Morgan fingerprint density at radius 1 is 1.21 bits per heavy atom. The first-order valence-corrected chi connectivity index (χ1v) is 5.35. The number of rotatable bonds is 8. The largest absolute Gasteiger partial charge is 0.289 e. The fourth-order valence-electron chi connectivity index (χ4n) is 1.30. The van der Waals surface area contributed by atoms with Gasteiger partial charge in [0.1, 0.15) is 0 Å². The highest BCUT2D eigenvalue weighted by atomic mass is 16.5. The molecule has 0 heterocycles. The van der Waals surface area contributed by atoms with Gasteiger partial charge in [-0.3, -0.25) is 10.0 Å². The summed E-state index contributed by atoms with van der Waals surface area (Å²) >= 11 is 0. The molecule has 0 unspecified atom stereocenters. The first kappa shape index (κ1) is 13.2. The molecule has 82 valence electrons. The molecule has 0 saturated heterocycles. The summed E-state index contributed by atoms with van der Waals surface area (Å²) < 4.78 is 0. The monoisotopic (exact) mass is 199 g/mol. The minimum Gasteiger partial charge on any atom is -0.289 e. The summed E-state index contributed by atoms with van der Waals surface area (Å²) in [5.41, 5.74) is 1.64. The molecule has 14 heavy (non-hydrogen) atoms. The maximum absolute atomic E-state index is 10.6. The molecule has 0 aliphatic carbocycles. The van der Waals surface area contributed by atoms with Crippen molar-refractivity contribution < 1.29 is 10.0 Å². The third kappa shape index (κ3) is 9.26. The Kier molecular flexibility index (Phi) is 9.64. The van der Waals surface area contributed by atoms with E-state index in [0.717, 1.165) is 19.3 Å². The minimum absolute atomic E-state index is 0.279. The second-order valence-electron chi connectivity index (χ2n) is 3.41. The quantitative estimate of drug-likeness (QED) is 0.273. The van der Waals surface area contributed by atoms with Gasteiger partial charge in [0.2, 0.25) is 5.91 Å². The lowest BCUT2D eigenvalue weighted by molar-refractivity contribution is -0.129. The van der Waals surface area contributed by atoms with Crippen molar-refractivity contribution in [1.29, 1.82) is 0 Å². The van der Waals surface area contributed by atoms with Crippen molar-refractivity contribution in [2.45, 2.75) is 51.9 Å². The van der Waals surface area contributed by atoms with Crippen molar-refractivity contribution in [1.82, 2.24) is 5.48 Å². The first-order valence-electron chi connectivity index (χ1n) is 5.35. The Morgan fingerprint density at radius 3 is 2.50 bits per heavy atom. The molecule has 3 heteroatoms. The van der Waals surface area contributed by atoms with Gasteiger partial charge in [0.05, 0.1) is 0 Å². The molecule has 0 bridgehead atoms. The summed E-state index contributed by atoms with van der Waals surface area (Å²) in [6.45, 7) is 2.04. The molecule has 0 radical (unpaired) electrons. The zero-order chi connectivity index (χ0) is 10.6. The van der Waals surface area contributed by atoms with Crippen LogP contribution in [0.25, 0.3) is 0 Å². The number of hydroxylamine groups is 1. The van der Waals surface area contributed by atoms with Crippen molar-refractivity contribution >= 4 is 5.91 Å². The van der Waals surface area contributed by atoms with Crippen molar-refractivity contribution in [3.63, 3.8) is 0 Å². The smallest absolute Gasteiger partial charge is 0.243 e. The number of hydrogen-bond acceptors (Lipinski definition) is 2. The van der Waals surface area contributed by atoms with E-state index in [1.54, 1.807) is 5.48 Å². The number of hydrogen-bond donors (Lipinski definition) is 2. The molecule has 0 fully saturated rings. The summed E-state index contributed by atoms with van der Waals surface area (Å²) in [7, 11) is 0. The second-order valence-corrected chi connectivity index (χ2v) is 3.41. The highest BCUT2D eigenvalue weighted by Gasteiger charge is 1.97. The average molecular weight is 199 g/mol. The molecule has 0 aromatic carbocycles. The Balaban J connectivity index is 3.02. The predicted molar refractivity (Wildman–Crippen MR) is 57.1 cm³/mol. The van der Waals surface area contributed by atoms with E-state index < -0.39 is 0 Å². The predicted octanol–water partition coefficient (Wildman–Crippen LogP) is 2.80. The standard InChI is InChI=1S/C11H21NO2/c1-2-3-4-5-6-7-8-9-10-11(13)12-14/h2-3,14H,4-10H2,1H3,(H,12,13)/b3-2+. The van der Waals surface area contributed by atoms with Crippen LogP contribution in [0, 0.1) is 0 Å². The molecule has 3 nitrogen and oxygen atoms in total. The molecule has 2 N–H and O–H groups in total. The zero-order valence-corrected chi connectivity index (χ0v) is 8.96. The van der Waals surface area contributed by atoms with Gasteiger partial charge in [-0.15, -0.1) is 0 Å². The van der Waals surface area contributed by atoms with Crippen LogP contribution >= 0.6 is 0 Å². The van der Waals surface area contributed by atoms with Gasteiger partial charge in [0, 0.05) is 6.42 Å². The van der Waals surface area contributed by atoms with Gasteiger partial charge in [-0.2, -0.15) is 0 Å². The summed E-state index contributed by atoms with van der Waals surface area (Å²) in [5, 5.41) is 8.23. The fourth-order valence-corrected chi connectivity index (χ4v) is 1.30. The molecule has 0 aliphatic rings. The van der Waals surface area contributed by atoms with Crippen LogP contribution in [-0.4, -0.2) is 11.1 Å². The number of unbranched alkanes of at least 4 members (excludes halogenated alkanes) is 5. The van der Waals surface area contributed by atoms with E-state index in [1.807, 2.05) is 6.92 Å². The van der Waals surface area contributed by atoms with Crippen molar-refractivity contribution in [2.75, 3.05) is 0 Å². The lowest BCUT2D eigenvalue weighted by Crippen LogP contribution is -2.17. The minimum atomic E-state index is -0.279. The average Bonchev–Trinajstić information content (AvgIpc) is 2.21. The van der Waals surface area contributed by atoms with Crippen LogP contribution in [0.2, 0.25) is 0 Å². The molecule has 0 rings (SSSR count). The Bertz CT molecular complexity index is 167. The number of nitrogens with one attached hydrogen (secondary N) is 1. The van der Waals surface area contributed by atoms with Gasteiger partial charge in [-0.25, -0.2) is 5.48 Å². The number of carbonyl (C=O) groups excluding carboxylic acids is 1. The summed E-state index contributed by atoms with van der Waals surface area (Å²) in [6, 6.07) is 0. The van der Waals surface area contributed by atoms with E-state index in [2.05, 4.69) is 12.2 Å². The van der Waals surface area contributed by atoms with E-state index >= 15 is 0 Å². The van der Waals surface area contributed by atoms with Crippen LogP contribution in [-0.2, 0) is 4.79 Å². The molecule has 0 aromatic heterocycles. The summed E-state index contributed by atoms with van der Waals surface area (Å²) in [5.74, 6) is -0.279. The van der Waals surface area contributed by atoms with Crippen LogP contribution in [0.1, 0.15) is 51.9 Å². The van der Waals surface area contributed by atoms with Crippen LogP contribution in [0.15, 0.2) is 12.2 Å². The van der Waals surface area contributed by atoms with Gasteiger partial charge in [0.25, 0.3) is 0 Å². The highest BCUT2D eigenvalue weighted by Crippen LogP contribution is 2.07. The van der Waals surface area contributed by atoms with Crippen LogP contribution in [0.5, 0.6) is 0 Å². The third-order valence-electron chi connectivity index (χ3n) is 2.14. The Labute approximate surface area is 86.2 Å². The molecular formula is C11H21NO2. The van der Waals surface area contributed by atoms with Crippen molar-refractivity contribution in [3.05, 3.63) is 12.2 Å². The summed E-state index contributed by atoms with van der Waals surface area (Å²) in [4.78, 5) is 10.6. The third-order valence-corrected chi connectivity index (χ3v) is 2.14. The van der Waals surface area contributed by atoms with E-state index in [0.29, 0.717) is 6.42 Å². The molecule has 1 amide bonds. The van der Waals surface area contributed by atoms with E-state index in [4.69, 9.17) is 5.21 Å². The van der Waals surface area contributed by atoms with E-state index in [-0.39, 0.29) is 5.91 Å². The number of allylic oxidation sites excluding steroid dienone is 2. The maximum Gasteiger partial charge on any atom is 0.243 e. The van der Waals surface area contributed by atoms with Crippen molar-refractivity contribution in [3.8, 4) is 0 Å². The number of amides is 1. The normalized spacial score (nSPS) is 10.7. The second kappa shape index (κ2) is 10.3. The molecular weight excluding hydrogens is 178 g/mol. The maximum atomic E-state index is 10.6. The zero-order valence-electron chi connectivity index (χ0n) is 8.96. The van der Waals surface area contributed by atoms with Crippen molar-refractivity contribution in [2.24, 2.45) is 0 Å². The lowest BCUT2D eigenvalue weighted by Gasteiger charge is -1.99. The van der Waals surface area contributed by atoms with Crippen LogP contribution < -0.4 is 5.48 Å². The van der Waals surface area contributed by atoms with Gasteiger partial charge >= 0.3 is 0 Å². The van der Waals surface area contributed by atoms with Crippen LogP contribution in [0.3, 0.4) is 0 Å². The topological polar surface area (TPSA) is 49.3 Å². The van der Waals surface area contributed by atoms with Crippen LogP contribution in [0.4, 0.5) is 0 Å². The van der Waals surface area contributed by atoms with Gasteiger partial charge in [-0.05, 0) is 26.2 Å². The first-order chi connectivity index (χ1) is 6.81. The number of carbonyl (C=O) groups is 1. The molecule has 0 spiro atoms. The van der Waals surface area contributed by atoms with Gasteiger partial charge in [0.15, 0.2) is 0 Å². The van der Waals surface area contributed by atoms with E-state index in [1.165, 1.54) is 19.3 Å². The SMILES string of the molecule is C/C=C/CCCCCCCC(=O)NO. The molecule has 0 aromatic rings. The fraction of sp³-hybridized carbons (Fsp3) is 0.727. The molecule has 0 atom stereocenters. The van der Waals surface area contributed by atoms with Gasteiger partial charge in [-0.1, -0.05) is 31.4 Å². The summed E-state index contributed by atoms with van der Waals surface area (Å²) in [6.07, 6.45) is 11.4. The Hall–Kier alpha value is -0.830. The van der Waals surface area contributed by atoms with Gasteiger partial charge < -0.3 is 0 Å². The van der Waals surface area contributed by atoms with E-state index in [9.17, 15) is 4.79 Å². The molecule has 0 saturated carbocycles. The highest BCUT2D eigenvalue weighted by molar-refractivity contribution is 5.74. The molecule has 0 aliphatic heterocycles. The lowest BCUT2D eigenvalue weighted by atomic mass is 10.1.